The van der Waals surface area contributed by atoms with Crippen LogP contribution in [-0.4, -0.2) is 36.1 Å². The maximum absolute atomic E-state index is 3.76. The van der Waals surface area contributed by atoms with Crippen molar-refractivity contribution in [3.8, 4) is 0 Å². The summed E-state index contributed by atoms with van der Waals surface area (Å²) in [6.07, 6.45) is 13.0. The van der Waals surface area contributed by atoms with E-state index in [4.69, 9.17) is 0 Å². The van der Waals surface area contributed by atoms with Crippen LogP contribution in [0.25, 0.3) is 0 Å². The van der Waals surface area contributed by atoms with Gasteiger partial charge in [0.15, 0.2) is 0 Å². The molecule has 0 aromatic heterocycles. The molecule has 3 rings (SSSR count). The van der Waals surface area contributed by atoms with Gasteiger partial charge in [-0.1, -0.05) is 13.3 Å². The predicted octanol–water partition coefficient (Wildman–Crippen LogP) is 3.17. The minimum Gasteiger partial charge on any atom is -0.312 e. The minimum atomic E-state index is 0.845. The Balaban J connectivity index is 1.52. The van der Waals surface area contributed by atoms with Gasteiger partial charge in [-0.15, -0.1) is 0 Å². The number of rotatable bonds is 4. The van der Waals surface area contributed by atoms with E-state index < -0.39 is 0 Å². The lowest BCUT2D eigenvalue weighted by atomic mass is 9.85. The van der Waals surface area contributed by atoms with Crippen molar-refractivity contribution in [3.05, 3.63) is 0 Å². The van der Waals surface area contributed by atoms with Gasteiger partial charge in [0.05, 0.1) is 0 Å². The molecule has 2 aliphatic carbocycles. The molecule has 1 N–H and O–H groups in total. The molecule has 1 aliphatic heterocycles. The van der Waals surface area contributed by atoms with Crippen LogP contribution in [0, 0.1) is 5.92 Å². The molecule has 2 nitrogen and oxygen atoms in total. The third-order valence-electron chi connectivity index (χ3n) is 5.35. The highest BCUT2D eigenvalue weighted by Crippen LogP contribution is 2.31. The average Bonchev–Trinajstić information content (AvgIpc) is 3.22. The van der Waals surface area contributed by atoms with Crippen molar-refractivity contribution in [2.24, 2.45) is 5.92 Å². The van der Waals surface area contributed by atoms with Crippen molar-refractivity contribution < 1.29 is 0 Å². The van der Waals surface area contributed by atoms with Crippen LogP contribution in [-0.2, 0) is 0 Å². The fraction of sp³-hybridized carbons (Fsp3) is 1.00. The van der Waals surface area contributed by atoms with Gasteiger partial charge in [0.25, 0.3) is 0 Å². The topological polar surface area (TPSA) is 15.3 Å². The summed E-state index contributed by atoms with van der Waals surface area (Å²) in [6.45, 7) is 5.06. The van der Waals surface area contributed by atoms with Crippen LogP contribution in [0.4, 0.5) is 0 Å². The lowest BCUT2D eigenvalue weighted by Gasteiger charge is -2.44. The summed E-state index contributed by atoms with van der Waals surface area (Å²) in [7, 11) is 0. The van der Waals surface area contributed by atoms with E-state index in [1.807, 2.05) is 0 Å². The molecule has 1 saturated heterocycles. The summed E-state index contributed by atoms with van der Waals surface area (Å²) in [5.41, 5.74) is 0. The Morgan fingerprint density at radius 2 is 1.72 bits per heavy atom. The third kappa shape index (κ3) is 3.27. The molecule has 104 valence electrons. The molecular formula is C16H30N2. The molecule has 1 unspecified atom stereocenters. The molecule has 3 aliphatic rings. The van der Waals surface area contributed by atoms with Gasteiger partial charge < -0.3 is 5.32 Å². The van der Waals surface area contributed by atoms with Crippen LogP contribution in [0.2, 0.25) is 0 Å². The summed E-state index contributed by atoms with van der Waals surface area (Å²) < 4.78 is 0. The average molecular weight is 250 g/mol. The molecule has 0 amide bonds. The number of likely N-dealkylation sites (tertiary alicyclic amines) is 1. The summed E-state index contributed by atoms with van der Waals surface area (Å²) in [6, 6.07) is 2.63. The lowest BCUT2D eigenvalue weighted by Crippen LogP contribution is -2.51. The number of hydrogen-bond acceptors (Lipinski definition) is 2. The van der Waals surface area contributed by atoms with E-state index in [0.717, 1.165) is 24.0 Å². The third-order valence-corrected chi connectivity index (χ3v) is 5.35. The second-order valence-corrected chi connectivity index (χ2v) is 6.98. The Bertz CT molecular complexity index is 254. The van der Waals surface area contributed by atoms with Crippen molar-refractivity contribution >= 4 is 0 Å². The van der Waals surface area contributed by atoms with Gasteiger partial charge in [0.1, 0.15) is 0 Å². The van der Waals surface area contributed by atoms with Crippen molar-refractivity contribution in [2.45, 2.75) is 82.8 Å². The van der Waals surface area contributed by atoms with E-state index in [2.05, 4.69) is 17.1 Å². The van der Waals surface area contributed by atoms with Crippen LogP contribution in [0.3, 0.4) is 0 Å². The smallest absolute Gasteiger partial charge is 0.0223 e. The highest BCUT2D eigenvalue weighted by molar-refractivity contribution is 4.89. The minimum absolute atomic E-state index is 0.845. The normalized spacial score (nSPS) is 38.8. The maximum Gasteiger partial charge on any atom is 0.0223 e. The molecular weight excluding hydrogens is 220 g/mol. The molecule has 0 radical (unpaired) electrons. The zero-order chi connectivity index (χ0) is 12.4. The van der Waals surface area contributed by atoms with Crippen LogP contribution in [0.5, 0.6) is 0 Å². The van der Waals surface area contributed by atoms with E-state index >= 15 is 0 Å². The Labute approximate surface area is 113 Å². The number of piperidine rings is 1. The summed E-state index contributed by atoms with van der Waals surface area (Å²) in [5, 5.41) is 3.76. The van der Waals surface area contributed by atoms with E-state index in [9.17, 15) is 0 Å². The van der Waals surface area contributed by atoms with Gasteiger partial charge >= 0.3 is 0 Å². The van der Waals surface area contributed by atoms with E-state index in [1.54, 1.807) is 0 Å². The highest BCUT2D eigenvalue weighted by Gasteiger charge is 2.32. The number of nitrogens with zero attached hydrogens (tertiary/aromatic N) is 1. The van der Waals surface area contributed by atoms with Crippen LogP contribution in [0.15, 0.2) is 0 Å². The molecule has 0 bridgehead atoms. The first kappa shape index (κ1) is 12.9. The van der Waals surface area contributed by atoms with Gasteiger partial charge in [-0.25, -0.2) is 0 Å². The van der Waals surface area contributed by atoms with Gasteiger partial charge in [-0.2, -0.15) is 0 Å². The second-order valence-electron chi connectivity index (χ2n) is 6.98. The van der Waals surface area contributed by atoms with Crippen molar-refractivity contribution in [1.29, 1.82) is 0 Å². The maximum atomic E-state index is 3.76. The Morgan fingerprint density at radius 3 is 2.44 bits per heavy atom. The number of nitrogens with one attached hydrogen (secondary N) is 1. The lowest BCUT2D eigenvalue weighted by molar-refractivity contribution is 0.0639. The van der Waals surface area contributed by atoms with Gasteiger partial charge in [0, 0.05) is 24.7 Å². The van der Waals surface area contributed by atoms with E-state index in [1.165, 1.54) is 70.9 Å². The van der Waals surface area contributed by atoms with Crippen molar-refractivity contribution in [1.82, 2.24) is 10.2 Å². The Kier molecular flexibility index (Phi) is 4.25. The molecule has 2 saturated carbocycles. The fourth-order valence-corrected chi connectivity index (χ4v) is 3.89. The van der Waals surface area contributed by atoms with E-state index in [-0.39, 0.29) is 0 Å². The Morgan fingerprint density at radius 1 is 0.944 bits per heavy atom. The SMILES string of the molecule is CC1CCC(N2CCCCC2CNC2CC2)CC1. The molecule has 3 fully saturated rings. The van der Waals surface area contributed by atoms with Gasteiger partial charge in [-0.05, 0) is 63.8 Å². The van der Waals surface area contributed by atoms with Crippen molar-refractivity contribution in [3.63, 3.8) is 0 Å². The van der Waals surface area contributed by atoms with Crippen LogP contribution in [0.1, 0.15) is 64.7 Å². The standard InChI is InChI=1S/C16H30N2/c1-13-5-9-15(10-6-13)18-11-3-2-4-16(18)12-17-14-7-8-14/h13-17H,2-12H2,1H3. The predicted molar refractivity (Wildman–Crippen MR) is 76.8 cm³/mol. The molecule has 0 aromatic carbocycles. The second kappa shape index (κ2) is 5.92. The van der Waals surface area contributed by atoms with Crippen LogP contribution >= 0.6 is 0 Å². The summed E-state index contributed by atoms with van der Waals surface area (Å²) >= 11 is 0. The summed E-state index contributed by atoms with van der Waals surface area (Å²) in [5.74, 6) is 0.981. The van der Waals surface area contributed by atoms with Crippen LogP contribution < -0.4 is 5.32 Å². The molecule has 0 spiro atoms. The molecule has 18 heavy (non-hydrogen) atoms. The quantitative estimate of drug-likeness (QED) is 0.824. The molecule has 1 heterocycles. The Hall–Kier alpha value is -0.0800. The largest absolute Gasteiger partial charge is 0.312 e. The van der Waals surface area contributed by atoms with Gasteiger partial charge in [-0.3, -0.25) is 4.90 Å². The molecule has 1 atom stereocenters. The van der Waals surface area contributed by atoms with Crippen molar-refractivity contribution in [2.75, 3.05) is 13.1 Å². The first-order chi connectivity index (χ1) is 8.83. The first-order valence-electron chi connectivity index (χ1n) is 8.32. The highest BCUT2D eigenvalue weighted by atomic mass is 15.2. The molecule has 2 heteroatoms. The fourth-order valence-electron chi connectivity index (χ4n) is 3.89. The van der Waals surface area contributed by atoms with E-state index in [0.29, 0.717) is 0 Å². The zero-order valence-electron chi connectivity index (χ0n) is 12.0. The number of hydrogen-bond donors (Lipinski definition) is 1. The molecule has 0 aromatic rings. The van der Waals surface area contributed by atoms with Gasteiger partial charge in [0.2, 0.25) is 0 Å². The monoisotopic (exact) mass is 250 g/mol. The summed E-state index contributed by atoms with van der Waals surface area (Å²) in [4.78, 5) is 2.88. The first-order valence-corrected chi connectivity index (χ1v) is 8.32. The zero-order valence-corrected chi connectivity index (χ0v) is 12.0.